The number of nitrogens with zero attached hydrogens (tertiary/aromatic N) is 2. The fourth-order valence-electron chi connectivity index (χ4n) is 2.39. The molecule has 0 aliphatic rings. The number of hydrogen-bond donors (Lipinski definition) is 1. The molecular formula is C15H23N3O. The Morgan fingerprint density at radius 3 is 2.84 bits per heavy atom. The summed E-state index contributed by atoms with van der Waals surface area (Å²) in [5.74, 6) is 1.17. The van der Waals surface area contributed by atoms with Crippen LogP contribution in [-0.2, 0) is 17.7 Å². The summed E-state index contributed by atoms with van der Waals surface area (Å²) in [6.07, 6.45) is 2.12. The van der Waals surface area contributed by atoms with Crippen molar-refractivity contribution in [2.24, 2.45) is 0 Å². The van der Waals surface area contributed by atoms with Gasteiger partial charge in [0.1, 0.15) is 5.82 Å². The number of fused-ring (bicyclic) bond motifs is 1. The van der Waals surface area contributed by atoms with Crippen LogP contribution in [0.4, 0.5) is 0 Å². The lowest BCUT2D eigenvalue weighted by atomic mass is 10.2. The van der Waals surface area contributed by atoms with Crippen molar-refractivity contribution in [3.05, 3.63) is 30.1 Å². The molecule has 1 N–H and O–H groups in total. The van der Waals surface area contributed by atoms with E-state index in [-0.39, 0.29) is 0 Å². The third kappa shape index (κ3) is 3.14. The first-order valence-electron chi connectivity index (χ1n) is 6.90. The van der Waals surface area contributed by atoms with Crippen molar-refractivity contribution in [3.8, 4) is 0 Å². The Labute approximate surface area is 114 Å². The third-order valence-corrected chi connectivity index (χ3v) is 3.39. The summed E-state index contributed by atoms with van der Waals surface area (Å²) in [4.78, 5) is 4.74. The van der Waals surface area contributed by atoms with Gasteiger partial charge in [-0.05, 0) is 25.6 Å². The molecule has 2 rings (SSSR count). The van der Waals surface area contributed by atoms with Crippen LogP contribution in [0.3, 0.4) is 0 Å². The highest BCUT2D eigenvalue weighted by atomic mass is 16.5. The SMILES string of the molecule is CCCc1nc2ccccc2n1CC(COC)NC. The van der Waals surface area contributed by atoms with Gasteiger partial charge >= 0.3 is 0 Å². The van der Waals surface area contributed by atoms with Crippen molar-refractivity contribution in [1.29, 1.82) is 0 Å². The van der Waals surface area contributed by atoms with Crippen molar-refractivity contribution in [2.45, 2.75) is 32.4 Å². The highest BCUT2D eigenvalue weighted by Crippen LogP contribution is 2.17. The highest BCUT2D eigenvalue weighted by molar-refractivity contribution is 5.75. The molecule has 0 saturated heterocycles. The molecule has 4 nitrogen and oxygen atoms in total. The molecule has 1 atom stereocenters. The minimum absolute atomic E-state index is 0.304. The molecular weight excluding hydrogens is 238 g/mol. The van der Waals surface area contributed by atoms with Gasteiger partial charge in [-0.1, -0.05) is 19.1 Å². The average Bonchev–Trinajstić information content (AvgIpc) is 2.77. The molecule has 0 amide bonds. The van der Waals surface area contributed by atoms with Crippen LogP contribution >= 0.6 is 0 Å². The molecule has 104 valence electrons. The van der Waals surface area contributed by atoms with Crippen molar-refractivity contribution in [2.75, 3.05) is 20.8 Å². The average molecular weight is 261 g/mol. The minimum atomic E-state index is 0.304. The second-order valence-electron chi connectivity index (χ2n) is 4.82. The van der Waals surface area contributed by atoms with Crippen LogP contribution in [0.1, 0.15) is 19.2 Å². The minimum Gasteiger partial charge on any atom is -0.383 e. The van der Waals surface area contributed by atoms with E-state index in [1.54, 1.807) is 7.11 Å². The van der Waals surface area contributed by atoms with Gasteiger partial charge in [0.05, 0.1) is 17.6 Å². The number of rotatable bonds is 7. The van der Waals surface area contributed by atoms with Crippen LogP contribution in [0.15, 0.2) is 24.3 Å². The molecule has 1 heterocycles. The molecule has 0 aliphatic heterocycles. The standard InChI is InChI=1S/C15H23N3O/c1-4-7-15-17-13-8-5-6-9-14(13)18(15)10-12(16-2)11-19-3/h5-6,8-9,12,16H,4,7,10-11H2,1-3H3. The van der Waals surface area contributed by atoms with E-state index < -0.39 is 0 Å². The Hall–Kier alpha value is -1.39. The second kappa shape index (κ2) is 6.68. The molecule has 0 bridgehead atoms. The van der Waals surface area contributed by atoms with Crippen LogP contribution in [0.25, 0.3) is 11.0 Å². The fraction of sp³-hybridized carbons (Fsp3) is 0.533. The summed E-state index contributed by atoms with van der Waals surface area (Å²) in [6, 6.07) is 8.64. The number of benzene rings is 1. The molecule has 19 heavy (non-hydrogen) atoms. The van der Waals surface area contributed by atoms with Crippen LogP contribution in [0, 0.1) is 0 Å². The van der Waals surface area contributed by atoms with Gasteiger partial charge in [-0.25, -0.2) is 4.98 Å². The largest absolute Gasteiger partial charge is 0.383 e. The van der Waals surface area contributed by atoms with Crippen LogP contribution in [-0.4, -0.2) is 36.4 Å². The molecule has 1 unspecified atom stereocenters. The summed E-state index contributed by atoms with van der Waals surface area (Å²) < 4.78 is 7.58. The Bertz CT molecular complexity index is 521. The quantitative estimate of drug-likeness (QED) is 0.830. The molecule has 0 radical (unpaired) electrons. The van der Waals surface area contributed by atoms with E-state index in [9.17, 15) is 0 Å². The molecule has 1 aromatic heterocycles. The predicted molar refractivity (Wildman–Crippen MR) is 78.5 cm³/mol. The number of hydrogen-bond acceptors (Lipinski definition) is 3. The number of nitrogens with one attached hydrogen (secondary N) is 1. The van der Waals surface area contributed by atoms with Crippen molar-refractivity contribution in [3.63, 3.8) is 0 Å². The van der Waals surface area contributed by atoms with E-state index in [4.69, 9.17) is 9.72 Å². The van der Waals surface area contributed by atoms with Crippen LogP contribution in [0.5, 0.6) is 0 Å². The van der Waals surface area contributed by atoms with Gasteiger partial charge in [-0.2, -0.15) is 0 Å². The monoisotopic (exact) mass is 261 g/mol. The number of methoxy groups -OCH3 is 1. The number of aromatic nitrogens is 2. The summed E-state index contributed by atoms with van der Waals surface area (Å²) in [5, 5.41) is 3.30. The zero-order valence-corrected chi connectivity index (χ0v) is 12.0. The lowest BCUT2D eigenvalue weighted by Gasteiger charge is -2.18. The number of likely N-dealkylation sites (N-methyl/N-ethyl adjacent to an activating group) is 1. The van der Waals surface area contributed by atoms with Crippen LogP contribution < -0.4 is 5.32 Å². The zero-order valence-electron chi connectivity index (χ0n) is 12.0. The van der Waals surface area contributed by atoms with E-state index in [0.29, 0.717) is 12.6 Å². The lowest BCUT2D eigenvalue weighted by molar-refractivity contribution is 0.162. The summed E-state index contributed by atoms with van der Waals surface area (Å²) >= 11 is 0. The zero-order chi connectivity index (χ0) is 13.7. The maximum atomic E-state index is 5.26. The first-order chi connectivity index (χ1) is 9.30. The molecule has 4 heteroatoms. The van der Waals surface area contributed by atoms with Gasteiger partial charge in [0.15, 0.2) is 0 Å². The first-order valence-corrected chi connectivity index (χ1v) is 6.90. The number of imidazole rings is 1. The number of aryl methyl sites for hydroxylation is 1. The number of para-hydroxylation sites is 2. The Kier molecular flexibility index (Phi) is 4.93. The molecule has 2 aromatic rings. The van der Waals surface area contributed by atoms with Crippen molar-refractivity contribution in [1.82, 2.24) is 14.9 Å². The van der Waals surface area contributed by atoms with Crippen LogP contribution in [0.2, 0.25) is 0 Å². The van der Waals surface area contributed by atoms with Gasteiger partial charge in [0, 0.05) is 26.1 Å². The van der Waals surface area contributed by atoms with Gasteiger partial charge in [0.2, 0.25) is 0 Å². The summed E-state index contributed by atoms with van der Waals surface area (Å²) in [6.45, 7) is 3.78. The van der Waals surface area contributed by atoms with Gasteiger partial charge in [-0.15, -0.1) is 0 Å². The Morgan fingerprint density at radius 1 is 1.37 bits per heavy atom. The maximum absolute atomic E-state index is 5.26. The second-order valence-corrected chi connectivity index (χ2v) is 4.82. The van der Waals surface area contributed by atoms with E-state index in [2.05, 4.69) is 35.0 Å². The maximum Gasteiger partial charge on any atom is 0.109 e. The van der Waals surface area contributed by atoms with Gasteiger partial charge < -0.3 is 14.6 Å². The van der Waals surface area contributed by atoms with Gasteiger partial charge in [-0.3, -0.25) is 0 Å². The van der Waals surface area contributed by atoms with E-state index in [1.807, 2.05) is 13.1 Å². The first kappa shape index (κ1) is 14.0. The summed E-state index contributed by atoms with van der Waals surface area (Å²) in [5.41, 5.74) is 2.29. The smallest absolute Gasteiger partial charge is 0.109 e. The fourth-order valence-corrected chi connectivity index (χ4v) is 2.39. The predicted octanol–water partition coefficient (Wildman–Crippen LogP) is 2.22. The lowest BCUT2D eigenvalue weighted by Crippen LogP contribution is -2.34. The summed E-state index contributed by atoms with van der Waals surface area (Å²) in [7, 11) is 3.71. The molecule has 0 spiro atoms. The molecule has 1 aromatic carbocycles. The molecule has 0 saturated carbocycles. The van der Waals surface area contributed by atoms with E-state index >= 15 is 0 Å². The van der Waals surface area contributed by atoms with Gasteiger partial charge in [0.25, 0.3) is 0 Å². The van der Waals surface area contributed by atoms with E-state index in [1.165, 1.54) is 11.3 Å². The highest BCUT2D eigenvalue weighted by Gasteiger charge is 2.13. The third-order valence-electron chi connectivity index (χ3n) is 3.39. The van der Waals surface area contributed by atoms with E-state index in [0.717, 1.165) is 24.9 Å². The molecule has 0 fully saturated rings. The van der Waals surface area contributed by atoms with Crippen molar-refractivity contribution >= 4 is 11.0 Å². The normalized spacial score (nSPS) is 13.0. The Morgan fingerprint density at radius 2 is 2.16 bits per heavy atom. The molecule has 0 aliphatic carbocycles. The topological polar surface area (TPSA) is 39.1 Å². The van der Waals surface area contributed by atoms with Crippen molar-refractivity contribution < 1.29 is 4.74 Å². The number of ether oxygens (including phenoxy) is 1. The Balaban J connectivity index is 2.35.